The predicted octanol–water partition coefficient (Wildman–Crippen LogP) is 4.62. The summed E-state index contributed by atoms with van der Waals surface area (Å²) in [5.74, 6) is -2.15. The number of ether oxygens (including phenoxy) is 2. The Kier molecular flexibility index (Phi) is 9.35. The molecule has 8 heteroatoms. The van der Waals surface area contributed by atoms with Crippen LogP contribution in [0.25, 0.3) is 0 Å². The number of nitro benzene ring substituents is 1. The van der Waals surface area contributed by atoms with Gasteiger partial charge < -0.3 is 14.8 Å². The summed E-state index contributed by atoms with van der Waals surface area (Å²) in [4.78, 5) is 36.9. The minimum atomic E-state index is -0.894. The number of nitro groups is 1. The van der Waals surface area contributed by atoms with E-state index in [0.29, 0.717) is 23.4 Å². The van der Waals surface area contributed by atoms with Gasteiger partial charge >= 0.3 is 11.9 Å². The second kappa shape index (κ2) is 12.2. The number of hydrogen-bond acceptors (Lipinski definition) is 7. The maximum absolute atomic E-state index is 13.1. The maximum atomic E-state index is 13.1. The third kappa shape index (κ3) is 6.52. The van der Waals surface area contributed by atoms with Gasteiger partial charge in [0.2, 0.25) is 0 Å². The van der Waals surface area contributed by atoms with Gasteiger partial charge in [-0.1, -0.05) is 36.4 Å². The first-order valence-electron chi connectivity index (χ1n) is 10.5. The van der Waals surface area contributed by atoms with Crippen molar-refractivity contribution in [2.75, 3.05) is 13.2 Å². The quantitative estimate of drug-likeness (QED) is 0.138. The van der Waals surface area contributed by atoms with Gasteiger partial charge in [0, 0.05) is 23.5 Å². The lowest BCUT2D eigenvalue weighted by Gasteiger charge is -2.30. The van der Waals surface area contributed by atoms with Crippen LogP contribution < -0.4 is 5.32 Å². The highest BCUT2D eigenvalue weighted by molar-refractivity contribution is 6.00. The number of rotatable bonds is 10. The first-order valence-corrected chi connectivity index (χ1v) is 10.5. The Hall–Kier alpha value is -3.94. The Morgan fingerprint density at radius 2 is 1.82 bits per heavy atom. The molecule has 174 valence electrons. The molecule has 0 saturated carbocycles. The van der Waals surface area contributed by atoms with Crippen LogP contribution in [0.4, 0.5) is 5.69 Å². The minimum Gasteiger partial charge on any atom is -0.462 e. The van der Waals surface area contributed by atoms with E-state index in [1.165, 1.54) is 18.2 Å². The molecule has 1 aromatic carbocycles. The van der Waals surface area contributed by atoms with Gasteiger partial charge in [-0.15, -0.1) is 6.58 Å². The Morgan fingerprint density at radius 1 is 1.15 bits per heavy atom. The Balaban J connectivity index is 2.51. The molecule has 33 heavy (non-hydrogen) atoms. The minimum absolute atomic E-state index is 0.0312. The van der Waals surface area contributed by atoms with Crippen LogP contribution in [0.5, 0.6) is 0 Å². The fraction of sp³-hybridized carbons (Fsp3) is 0.280. The highest BCUT2D eigenvalue weighted by atomic mass is 16.6. The lowest BCUT2D eigenvalue weighted by molar-refractivity contribution is -0.384. The number of benzene rings is 1. The number of esters is 2. The van der Waals surface area contributed by atoms with Crippen molar-refractivity contribution in [3.8, 4) is 0 Å². The topological polar surface area (TPSA) is 108 Å². The van der Waals surface area contributed by atoms with Crippen molar-refractivity contribution >= 4 is 17.6 Å². The molecule has 1 aliphatic rings. The zero-order chi connectivity index (χ0) is 24.4. The van der Waals surface area contributed by atoms with Crippen LogP contribution in [0.15, 0.2) is 83.8 Å². The summed E-state index contributed by atoms with van der Waals surface area (Å²) in [6.45, 7) is 9.02. The van der Waals surface area contributed by atoms with E-state index < -0.39 is 22.8 Å². The van der Waals surface area contributed by atoms with Crippen molar-refractivity contribution in [3.63, 3.8) is 0 Å². The second-order valence-electron chi connectivity index (χ2n) is 7.25. The van der Waals surface area contributed by atoms with Gasteiger partial charge in [-0.3, -0.25) is 10.1 Å². The van der Waals surface area contributed by atoms with Gasteiger partial charge in [0.1, 0.15) is 6.61 Å². The van der Waals surface area contributed by atoms with E-state index in [1.54, 1.807) is 44.2 Å². The maximum Gasteiger partial charge on any atom is 0.337 e. The van der Waals surface area contributed by atoms with E-state index in [1.807, 2.05) is 13.0 Å². The van der Waals surface area contributed by atoms with E-state index in [4.69, 9.17) is 9.47 Å². The predicted molar refractivity (Wildman–Crippen MR) is 125 cm³/mol. The molecular formula is C25H28N2O6. The van der Waals surface area contributed by atoms with Crippen molar-refractivity contribution in [1.82, 2.24) is 5.32 Å². The standard InChI is InChI=1S/C25H28N2O6/c1-5-7-9-10-15-33-25(29)22-18(4)26-17(3)21(24(28)32-14-8-6-2)23(22)19-12-11-13-20(16-19)27(30)31/h5-7,9-13,16,23,26H,2,8,14-15H2,1,3-4H3. The van der Waals surface area contributed by atoms with Crippen molar-refractivity contribution in [3.05, 3.63) is 99.4 Å². The number of dihydropyridines is 1. The van der Waals surface area contributed by atoms with Crippen molar-refractivity contribution in [2.24, 2.45) is 0 Å². The van der Waals surface area contributed by atoms with E-state index in [9.17, 15) is 19.7 Å². The molecule has 2 rings (SSSR count). The number of allylic oxidation sites excluding steroid dienone is 5. The molecule has 1 N–H and O–H groups in total. The van der Waals surface area contributed by atoms with Gasteiger partial charge in [0.25, 0.3) is 5.69 Å². The summed E-state index contributed by atoms with van der Waals surface area (Å²) in [5.41, 5.74) is 1.64. The van der Waals surface area contributed by atoms with Crippen LogP contribution in [0.1, 0.15) is 38.7 Å². The molecule has 8 nitrogen and oxygen atoms in total. The Bertz CT molecular complexity index is 1050. The normalized spacial score (nSPS) is 16.2. The van der Waals surface area contributed by atoms with Gasteiger partial charge in [-0.05, 0) is 38.8 Å². The molecule has 1 heterocycles. The van der Waals surface area contributed by atoms with Crippen molar-refractivity contribution in [1.29, 1.82) is 0 Å². The SMILES string of the molecule is C=CCCOC(=O)C1=C(C)NC(C)=C(C(=O)OCC=CC=CC)C1c1cccc([N+](=O)[O-])c1. The van der Waals surface area contributed by atoms with E-state index in [0.717, 1.165) is 0 Å². The number of hydrogen-bond donors (Lipinski definition) is 1. The molecule has 0 bridgehead atoms. The molecule has 1 atom stereocenters. The van der Waals surface area contributed by atoms with Gasteiger partial charge in [-0.25, -0.2) is 9.59 Å². The molecule has 0 radical (unpaired) electrons. The molecule has 1 aromatic rings. The number of carbonyl (C=O) groups is 2. The van der Waals surface area contributed by atoms with Crippen molar-refractivity contribution in [2.45, 2.75) is 33.1 Å². The van der Waals surface area contributed by atoms with Crippen LogP contribution in [-0.2, 0) is 19.1 Å². The molecule has 0 aromatic heterocycles. The molecule has 0 spiro atoms. The van der Waals surface area contributed by atoms with Crippen molar-refractivity contribution < 1.29 is 24.0 Å². The highest BCUT2D eigenvalue weighted by Crippen LogP contribution is 2.40. The second-order valence-corrected chi connectivity index (χ2v) is 7.25. The summed E-state index contributed by atoms with van der Waals surface area (Å²) in [5, 5.41) is 14.4. The monoisotopic (exact) mass is 452 g/mol. The fourth-order valence-corrected chi connectivity index (χ4v) is 3.45. The molecule has 0 fully saturated rings. The zero-order valence-corrected chi connectivity index (χ0v) is 19.0. The zero-order valence-electron chi connectivity index (χ0n) is 19.0. The lowest BCUT2D eigenvalue weighted by atomic mass is 9.80. The largest absolute Gasteiger partial charge is 0.462 e. The van der Waals surface area contributed by atoms with Crippen LogP contribution in [-0.4, -0.2) is 30.1 Å². The van der Waals surface area contributed by atoms with Crippen LogP contribution in [0, 0.1) is 10.1 Å². The molecule has 0 aliphatic carbocycles. The third-order valence-electron chi connectivity index (χ3n) is 4.92. The summed E-state index contributed by atoms with van der Waals surface area (Å²) in [7, 11) is 0. The number of non-ortho nitro benzene ring substituents is 1. The fourth-order valence-electron chi connectivity index (χ4n) is 3.45. The number of nitrogens with one attached hydrogen (secondary N) is 1. The Labute approximate surface area is 193 Å². The number of carbonyl (C=O) groups excluding carboxylic acids is 2. The van der Waals surface area contributed by atoms with Gasteiger partial charge in [0.15, 0.2) is 0 Å². The summed E-state index contributed by atoms with van der Waals surface area (Å²) in [6.07, 6.45) is 9.16. The molecular weight excluding hydrogens is 424 g/mol. The van der Waals surface area contributed by atoms with E-state index in [2.05, 4.69) is 11.9 Å². The van der Waals surface area contributed by atoms with Gasteiger partial charge in [0.05, 0.1) is 28.6 Å². The summed E-state index contributed by atoms with van der Waals surface area (Å²) >= 11 is 0. The van der Waals surface area contributed by atoms with E-state index in [-0.39, 0.29) is 30.0 Å². The average molecular weight is 453 g/mol. The first kappa shape index (κ1) is 25.3. The van der Waals surface area contributed by atoms with E-state index >= 15 is 0 Å². The third-order valence-corrected chi connectivity index (χ3v) is 4.92. The number of nitrogens with zero attached hydrogens (tertiary/aromatic N) is 1. The van der Waals surface area contributed by atoms with Crippen LogP contribution in [0.2, 0.25) is 0 Å². The first-order chi connectivity index (χ1) is 15.8. The molecule has 1 aliphatic heterocycles. The summed E-state index contributed by atoms with van der Waals surface area (Å²) < 4.78 is 10.8. The molecule has 1 unspecified atom stereocenters. The lowest BCUT2D eigenvalue weighted by Crippen LogP contribution is -2.32. The average Bonchev–Trinajstić information content (AvgIpc) is 2.78. The highest BCUT2D eigenvalue weighted by Gasteiger charge is 2.38. The van der Waals surface area contributed by atoms with Gasteiger partial charge in [-0.2, -0.15) is 0 Å². The Morgan fingerprint density at radius 3 is 2.42 bits per heavy atom. The van der Waals surface area contributed by atoms with Crippen LogP contribution >= 0.6 is 0 Å². The molecule has 0 saturated heterocycles. The summed E-state index contributed by atoms with van der Waals surface area (Å²) in [6, 6.07) is 5.86. The molecule has 0 amide bonds. The van der Waals surface area contributed by atoms with Crippen LogP contribution in [0.3, 0.4) is 0 Å². The smallest absolute Gasteiger partial charge is 0.337 e.